The lowest BCUT2D eigenvalue weighted by molar-refractivity contribution is 0.0302. The standard InChI is InChI=1S/C13H19Br2NOS/c14-12-8-11(18-13(12)15)9-16-6-7-17-10-4-2-1-3-5-10/h8,10,16H,1-7,9H2. The first-order valence-electron chi connectivity index (χ1n) is 6.52. The van der Waals surface area contributed by atoms with Crippen molar-refractivity contribution in [2.75, 3.05) is 13.2 Å². The number of thiophene rings is 1. The Hall–Kier alpha value is 0.580. The molecule has 0 spiro atoms. The average Bonchev–Trinajstić information content (AvgIpc) is 2.70. The third kappa shape index (κ3) is 4.93. The molecule has 1 aliphatic rings. The summed E-state index contributed by atoms with van der Waals surface area (Å²) in [5, 5.41) is 3.43. The Kier molecular flexibility index (Phi) is 6.66. The molecule has 0 unspecified atom stereocenters. The van der Waals surface area contributed by atoms with E-state index in [1.165, 1.54) is 37.0 Å². The van der Waals surface area contributed by atoms with E-state index in [9.17, 15) is 0 Å². The van der Waals surface area contributed by atoms with Crippen LogP contribution in [0.1, 0.15) is 37.0 Å². The highest BCUT2D eigenvalue weighted by atomic mass is 79.9. The van der Waals surface area contributed by atoms with Gasteiger partial charge in [-0.3, -0.25) is 0 Å². The summed E-state index contributed by atoms with van der Waals surface area (Å²) in [5.74, 6) is 0. The van der Waals surface area contributed by atoms with Crippen LogP contribution in [-0.2, 0) is 11.3 Å². The highest BCUT2D eigenvalue weighted by Crippen LogP contribution is 2.32. The Morgan fingerprint density at radius 3 is 2.72 bits per heavy atom. The van der Waals surface area contributed by atoms with Crippen molar-refractivity contribution in [3.05, 3.63) is 19.2 Å². The van der Waals surface area contributed by atoms with Crippen molar-refractivity contribution in [1.82, 2.24) is 5.32 Å². The van der Waals surface area contributed by atoms with Crippen LogP contribution in [0.2, 0.25) is 0 Å². The lowest BCUT2D eigenvalue weighted by Gasteiger charge is -2.21. The van der Waals surface area contributed by atoms with Gasteiger partial charge in [-0.2, -0.15) is 0 Å². The molecule has 1 aromatic heterocycles. The predicted molar refractivity (Wildman–Crippen MR) is 84.3 cm³/mol. The highest BCUT2D eigenvalue weighted by molar-refractivity contribution is 9.13. The molecule has 0 saturated heterocycles. The maximum absolute atomic E-state index is 5.87. The van der Waals surface area contributed by atoms with Crippen LogP contribution in [0.25, 0.3) is 0 Å². The Morgan fingerprint density at radius 2 is 2.06 bits per heavy atom. The van der Waals surface area contributed by atoms with Crippen LogP contribution < -0.4 is 5.32 Å². The molecule has 2 rings (SSSR count). The van der Waals surface area contributed by atoms with Crippen molar-refractivity contribution >= 4 is 43.2 Å². The smallest absolute Gasteiger partial charge is 0.0843 e. The minimum atomic E-state index is 0.519. The van der Waals surface area contributed by atoms with E-state index < -0.39 is 0 Å². The normalized spacial score (nSPS) is 17.2. The van der Waals surface area contributed by atoms with Gasteiger partial charge in [0.2, 0.25) is 0 Å². The highest BCUT2D eigenvalue weighted by Gasteiger charge is 2.12. The van der Waals surface area contributed by atoms with Gasteiger partial charge in [0.15, 0.2) is 0 Å². The molecule has 1 saturated carbocycles. The average molecular weight is 397 g/mol. The number of hydrogen-bond acceptors (Lipinski definition) is 3. The van der Waals surface area contributed by atoms with Crippen LogP contribution in [0.4, 0.5) is 0 Å². The van der Waals surface area contributed by atoms with Crippen LogP contribution in [0.15, 0.2) is 14.3 Å². The van der Waals surface area contributed by atoms with Gasteiger partial charge in [0, 0.05) is 22.4 Å². The van der Waals surface area contributed by atoms with Crippen molar-refractivity contribution in [3.8, 4) is 0 Å². The molecule has 0 aromatic carbocycles. The summed E-state index contributed by atoms with van der Waals surface area (Å²) in [6.07, 6.45) is 7.10. The summed E-state index contributed by atoms with van der Waals surface area (Å²) in [6, 6.07) is 2.16. The van der Waals surface area contributed by atoms with Gasteiger partial charge in [-0.25, -0.2) is 0 Å². The van der Waals surface area contributed by atoms with E-state index in [2.05, 4.69) is 43.2 Å². The Morgan fingerprint density at radius 1 is 1.28 bits per heavy atom. The third-order valence-electron chi connectivity index (χ3n) is 3.18. The van der Waals surface area contributed by atoms with Gasteiger partial charge in [-0.15, -0.1) is 11.3 Å². The largest absolute Gasteiger partial charge is 0.377 e. The van der Waals surface area contributed by atoms with E-state index in [1.807, 2.05) is 0 Å². The minimum Gasteiger partial charge on any atom is -0.377 e. The first-order chi connectivity index (χ1) is 8.75. The van der Waals surface area contributed by atoms with Gasteiger partial charge < -0.3 is 10.1 Å². The Bertz CT molecular complexity index is 344. The van der Waals surface area contributed by atoms with Crippen LogP contribution in [0.5, 0.6) is 0 Å². The number of ether oxygens (including phenoxy) is 1. The van der Waals surface area contributed by atoms with Gasteiger partial charge in [-0.1, -0.05) is 19.3 Å². The molecule has 18 heavy (non-hydrogen) atoms. The predicted octanol–water partition coefficient (Wildman–Crippen LogP) is 4.71. The monoisotopic (exact) mass is 395 g/mol. The molecule has 1 aromatic rings. The van der Waals surface area contributed by atoms with Gasteiger partial charge in [0.05, 0.1) is 16.5 Å². The first-order valence-corrected chi connectivity index (χ1v) is 8.92. The fourth-order valence-corrected chi connectivity index (χ4v) is 4.37. The van der Waals surface area contributed by atoms with Gasteiger partial charge >= 0.3 is 0 Å². The number of halogens is 2. The lowest BCUT2D eigenvalue weighted by Crippen LogP contribution is -2.24. The third-order valence-corrected chi connectivity index (χ3v) is 6.44. The quantitative estimate of drug-likeness (QED) is 0.702. The van der Waals surface area contributed by atoms with Gasteiger partial charge in [0.25, 0.3) is 0 Å². The fraction of sp³-hybridized carbons (Fsp3) is 0.692. The second-order valence-electron chi connectivity index (χ2n) is 4.64. The van der Waals surface area contributed by atoms with Crippen LogP contribution >= 0.6 is 43.2 Å². The molecule has 0 aliphatic heterocycles. The molecular weight excluding hydrogens is 378 g/mol. The lowest BCUT2D eigenvalue weighted by atomic mass is 9.98. The topological polar surface area (TPSA) is 21.3 Å². The van der Waals surface area contributed by atoms with E-state index in [-0.39, 0.29) is 0 Å². The Labute approximate surface area is 130 Å². The molecule has 1 heterocycles. The Balaban J connectivity index is 1.55. The van der Waals surface area contributed by atoms with Crippen molar-refractivity contribution < 1.29 is 4.74 Å². The second-order valence-corrected chi connectivity index (χ2v) is 7.95. The van der Waals surface area contributed by atoms with Crippen molar-refractivity contribution in [2.24, 2.45) is 0 Å². The van der Waals surface area contributed by atoms with Crippen LogP contribution in [0.3, 0.4) is 0 Å². The summed E-state index contributed by atoms with van der Waals surface area (Å²) >= 11 is 8.78. The molecule has 0 radical (unpaired) electrons. The number of rotatable bonds is 6. The van der Waals surface area contributed by atoms with Crippen LogP contribution in [0, 0.1) is 0 Å². The molecule has 102 valence electrons. The molecule has 1 fully saturated rings. The first kappa shape index (κ1) is 15.0. The zero-order valence-corrected chi connectivity index (χ0v) is 14.4. The summed E-state index contributed by atoms with van der Waals surface area (Å²) in [5.41, 5.74) is 0. The second kappa shape index (κ2) is 8.00. The van der Waals surface area contributed by atoms with E-state index >= 15 is 0 Å². The van der Waals surface area contributed by atoms with Gasteiger partial charge in [-0.05, 0) is 50.8 Å². The van der Waals surface area contributed by atoms with E-state index in [4.69, 9.17) is 4.74 Å². The number of nitrogens with one attached hydrogen (secondary N) is 1. The van der Waals surface area contributed by atoms with Crippen molar-refractivity contribution in [1.29, 1.82) is 0 Å². The summed E-state index contributed by atoms with van der Waals surface area (Å²) in [6.45, 7) is 2.69. The van der Waals surface area contributed by atoms with Crippen LogP contribution in [-0.4, -0.2) is 19.3 Å². The molecule has 0 amide bonds. The van der Waals surface area contributed by atoms with E-state index in [0.717, 1.165) is 28.0 Å². The molecule has 0 atom stereocenters. The zero-order valence-electron chi connectivity index (χ0n) is 10.4. The zero-order chi connectivity index (χ0) is 12.8. The minimum absolute atomic E-state index is 0.519. The van der Waals surface area contributed by atoms with Crippen molar-refractivity contribution in [3.63, 3.8) is 0 Å². The molecule has 1 N–H and O–H groups in total. The molecule has 2 nitrogen and oxygen atoms in total. The van der Waals surface area contributed by atoms with E-state index in [0.29, 0.717) is 6.10 Å². The van der Waals surface area contributed by atoms with Gasteiger partial charge in [0.1, 0.15) is 0 Å². The maximum Gasteiger partial charge on any atom is 0.0843 e. The fourth-order valence-electron chi connectivity index (χ4n) is 2.22. The maximum atomic E-state index is 5.87. The summed E-state index contributed by atoms with van der Waals surface area (Å²) < 4.78 is 8.18. The molecular formula is C13H19Br2NOS. The molecule has 1 aliphatic carbocycles. The SMILES string of the molecule is Brc1cc(CNCCOC2CCCCC2)sc1Br. The summed E-state index contributed by atoms with van der Waals surface area (Å²) in [4.78, 5) is 1.34. The number of hydrogen-bond donors (Lipinski definition) is 1. The van der Waals surface area contributed by atoms with E-state index in [1.54, 1.807) is 11.3 Å². The molecule has 0 bridgehead atoms. The van der Waals surface area contributed by atoms with Crippen molar-refractivity contribution in [2.45, 2.75) is 44.8 Å². The molecule has 5 heteroatoms. The summed E-state index contributed by atoms with van der Waals surface area (Å²) in [7, 11) is 0.